The van der Waals surface area contributed by atoms with Crippen molar-refractivity contribution >= 4 is 75.4 Å². The van der Waals surface area contributed by atoms with Crippen molar-refractivity contribution in [3.63, 3.8) is 0 Å². The van der Waals surface area contributed by atoms with Crippen LogP contribution in [0.5, 0.6) is 17.2 Å². The number of thioether (sulfide) groups is 1. The lowest BCUT2D eigenvalue weighted by atomic mass is 9.83. The SMILES string of the molecule is CCOc1cc([C@@H]2c3sc(=O)[nH]c3S[C@H]3C(=O)N(c4ccc(OC)cc4)C(=O)[C@@H]23)ccc1OCC(=O)Nc1ccc(Cl)c(Cl)c1. The summed E-state index contributed by atoms with van der Waals surface area (Å²) in [6.07, 6.45) is 0. The fraction of sp³-hybridized carbons (Fsp3) is 0.226. The zero-order chi connectivity index (χ0) is 31.8. The van der Waals surface area contributed by atoms with E-state index in [2.05, 4.69) is 10.3 Å². The molecule has 3 amide bonds. The Hall–Kier alpha value is -3.97. The van der Waals surface area contributed by atoms with Crippen molar-refractivity contribution in [2.24, 2.45) is 5.92 Å². The van der Waals surface area contributed by atoms with Crippen LogP contribution < -0.4 is 29.3 Å². The van der Waals surface area contributed by atoms with Crippen molar-refractivity contribution in [3.05, 3.63) is 90.8 Å². The van der Waals surface area contributed by atoms with Crippen LogP contribution in [0.2, 0.25) is 10.0 Å². The molecular weight excluding hydrogens is 661 g/mol. The first kappa shape index (κ1) is 31.0. The number of imide groups is 1. The standard InChI is InChI=1S/C31H25Cl2N3O7S2/c1-3-42-22-12-15(4-11-21(22)43-14-23(37)34-16-5-10-19(32)20(33)13-16)24-25-27(44-28-26(24)45-31(40)35-28)30(39)36(29(25)38)17-6-8-18(41-2)9-7-17/h4-13,24-25,27H,3,14H2,1-2H3,(H,34,37)(H,35,40)/t24-,25-,27+/m0/s1. The monoisotopic (exact) mass is 685 g/mol. The number of aromatic nitrogens is 1. The number of nitrogens with one attached hydrogen (secondary N) is 2. The van der Waals surface area contributed by atoms with Crippen LogP contribution in [0.3, 0.4) is 0 Å². The summed E-state index contributed by atoms with van der Waals surface area (Å²) in [5.74, 6) is -1.29. The van der Waals surface area contributed by atoms with E-state index >= 15 is 0 Å². The van der Waals surface area contributed by atoms with E-state index in [-0.39, 0.29) is 23.3 Å². The Morgan fingerprint density at radius 2 is 1.73 bits per heavy atom. The molecule has 3 atom stereocenters. The van der Waals surface area contributed by atoms with Gasteiger partial charge in [0.1, 0.15) is 11.0 Å². The van der Waals surface area contributed by atoms with Gasteiger partial charge in [0.05, 0.1) is 40.4 Å². The molecular formula is C31H25Cl2N3O7S2. The van der Waals surface area contributed by atoms with Gasteiger partial charge in [-0.1, -0.05) is 52.4 Å². The topological polar surface area (TPSA) is 127 Å². The van der Waals surface area contributed by atoms with Crippen LogP contribution in [0, 0.1) is 5.92 Å². The second kappa shape index (κ2) is 12.8. The van der Waals surface area contributed by atoms with Crippen LogP contribution in [-0.4, -0.2) is 48.3 Å². The maximum absolute atomic E-state index is 14.0. The highest BCUT2D eigenvalue weighted by Crippen LogP contribution is 2.54. The number of fused-ring (bicyclic) bond motifs is 2. The van der Waals surface area contributed by atoms with Crippen LogP contribution >= 0.6 is 46.3 Å². The van der Waals surface area contributed by atoms with Gasteiger partial charge in [0.15, 0.2) is 18.1 Å². The van der Waals surface area contributed by atoms with E-state index in [0.29, 0.717) is 60.7 Å². The largest absolute Gasteiger partial charge is 0.497 e. The lowest BCUT2D eigenvalue weighted by molar-refractivity contribution is -0.122. The number of nitrogens with zero attached hydrogens (tertiary/aromatic N) is 1. The van der Waals surface area contributed by atoms with Crippen LogP contribution in [0.15, 0.2) is 70.5 Å². The summed E-state index contributed by atoms with van der Waals surface area (Å²) in [6.45, 7) is 1.79. The lowest BCUT2D eigenvalue weighted by Gasteiger charge is -2.30. The normalized spacial score (nSPS) is 18.8. The molecule has 14 heteroatoms. The highest BCUT2D eigenvalue weighted by atomic mass is 35.5. The third-order valence-corrected chi connectivity index (χ3v) is 10.5. The molecule has 6 rings (SSSR count). The first-order chi connectivity index (χ1) is 21.7. The zero-order valence-corrected chi connectivity index (χ0v) is 26.9. The van der Waals surface area contributed by atoms with Crippen LogP contribution in [0.4, 0.5) is 11.4 Å². The number of hydrogen-bond acceptors (Lipinski definition) is 9. The summed E-state index contributed by atoms with van der Waals surface area (Å²) in [4.78, 5) is 57.2. The van der Waals surface area contributed by atoms with Crippen LogP contribution in [0.1, 0.15) is 23.3 Å². The van der Waals surface area contributed by atoms with E-state index in [0.717, 1.165) is 11.3 Å². The van der Waals surface area contributed by atoms with Gasteiger partial charge >= 0.3 is 4.87 Å². The van der Waals surface area contributed by atoms with Gasteiger partial charge in [-0.25, -0.2) is 4.90 Å². The first-order valence-corrected chi connectivity index (χ1v) is 16.2. The van der Waals surface area contributed by atoms with E-state index in [4.69, 9.17) is 37.4 Å². The Balaban J connectivity index is 1.30. The molecule has 0 unspecified atom stereocenters. The molecule has 2 aliphatic heterocycles. The Labute approximate surface area is 275 Å². The molecule has 232 valence electrons. The van der Waals surface area contributed by atoms with Gasteiger partial charge in [-0.05, 0) is 67.1 Å². The predicted octanol–water partition coefficient (Wildman–Crippen LogP) is 5.96. The summed E-state index contributed by atoms with van der Waals surface area (Å²) >= 11 is 14.2. The van der Waals surface area contributed by atoms with E-state index in [9.17, 15) is 19.2 Å². The molecule has 45 heavy (non-hydrogen) atoms. The molecule has 3 heterocycles. The van der Waals surface area contributed by atoms with Gasteiger partial charge in [0, 0.05) is 16.5 Å². The molecule has 2 aliphatic rings. The van der Waals surface area contributed by atoms with E-state index in [1.54, 1.807) is 54.6 Å². The fourth-order valence-corrected chi connectivity index (χ4v) is 8.20. The Bertz CT molecular complexity index is 1860. The van der Waals surface area contributed by atoms with Gasteiger partial charge in [-0.2, -0.15) is 0 Å². The Morgan fingerprint density at radius 1 is 0.956 bits per heavy atom. The number of carbonyl (C=O) groups is 3. The van der Waals surface area contributed by atoms with Gasteiger partial charge in [0.2, 0.25) is 11.8 Å². The number of methoxy groups -OCH3 is 1. The maximum Gasteiger partial charge on any atom is 0.305 e. The van der Waals surface area contributed by atoms with Gasteiger partial charge in [-0.15, -0.1) is 0 Å². The number of ether oxygens (including phenoxy) is 3. The van der Waals surface area contributed by atoms with Crippen molar-refractivity contribution in [1.29, 1.82) is 0 Å². The molecule has 10 nitrogen and oxygen atoms in total. The number of halogens is 2. The number of hydrogen-bond donors (Lipinski definition) is 2. The van der Waals surface area contributed by atoms with Crippen molar-refractivity contribution in [2.45, 2.75) is 23.1 Å². The molecule has 0 aliphatic carbocycles. The molecule has 1 aromatic heterocycles. The maximum atomic E-state index is 14.0. The van der Waals surface area contributed by atoms with E-state index < -0.39 is 23.0 Å². The zero-order valence-electron chi connectivity index (χ0n) is 23.8. The smallest absolute Gasteiger partial charge is 0.305 e. The predicted molar refractivity (Wildman–Crippen MR) is 174 cm³/mol. The van der Waals surface area contributed by atoms with Gasteiger partial charge in [-0.3, -0.25) is 19.2 Å². The van der Waals surface area contributed by atoms with Crippen molar-refractivity contribution in [2.75, 3.05) is 30.5 Å². The fourth-order valence-electron chi connectivity index (χ4n) is 5.38. The third kappa shape index (κ3) is 6.02. The average molecular weight is 687 g/mol. The molecule has 4 aromatic rings. The van der Waals surface area contributed by atoms with Gasteiger partial charge in [0.25, 0.3) is 5.91 Å². The highest BCUT2D eigenvalue weighted by Gasteiger charge is 2.56. The summed E-state index contributed by atoms with van der Waals surface area (Å²) in [7, 11) is 1.54. The first-order valence-electron chi connectivity index (χ1n) is 13.7. The number of carbonyl (C=O) groups excluding carboxylic acids is 3. The number of rotatable bonds is 9. The number of amides is 3. The highest BCUT2D eigenvalue weighted by molar-refractivity contribution is 8.00. The lowest BCUT2D eigenvalue weighted by Crippen LogP contribution is -2.32. The second-order valence-electron chi connectivity index (χ2n) is 10.1. The molecule has 0 spiro atoms. The van der Waals surface area contributed by atoms with Crippen LogP contribution in [-0.2, 0) is 14.4 Å². The van der Waals surface area contributed by atoms with Crippen LogP contribution in [0.25, 0.3) is 0 Å². The molecule has 0 radical (unpaired) electrons. The number of H-pyrrole nitrogens is 1. The minimum atomic E-state index is -0.776. The van der Waals surface area contributed by atoms with E-state index in [1.807, 2.05) is 6.92 Å². The molecule has 1 fully saturated rings. The summed E-state index contributed by atoms with van der Waals surface area (Å²) < 4.78 is 16.9. The average Bonchev–Trinajstić information content (AvgIpc) is 3.52. The van der Waals surface area contributed by atoms with Gasteiger partial charge < -0.3 is 24.5 Å². The van der Waals surface area contributed by atoms with Crippen molar-refractivity contribution in [1.82, 2.24) is 4.98 Å². The minimum absolute atomic E-state index is 0.276. The number of thiazole rings is 1. The minimum Gasteiger partial charge on any atom is -0.497 e. The molecule has 0 bridgehead atoms. The third-order valence-electron chi connectivity index (χ3n) is 7.34. The summed E-state index contributed by atoms with van der Waals surface area (Å²) in [6, 6.07) is 16.6. The quantitative estimate of drug-likeness (QED) is 0.207. The number of benzene rings is 3. The number of aromatic amines is 1. The molecule has 2 N–H and O–H groups in total. The number of anilines is 2. The molecule has 1 saturated heterocycles. The Kier molecular flexibility index (Phi) is 8.82. The second-order valence-corrected chi connectivity index (χ2v) is 13.0. The van der Waals surface area contributed by atoms with Crippen molar-refractivity contribution in [3.8, 4) is 17.2 Å². The van der Waals surface area contributed by atoms with Crippen molar-refractivity contribution < 1.29 is 28.6 Å². The molecule has 3 aromatic carbocycles. The van der Waals surface area contributed by atoms with E-state index in [1.165, 1.54) is 29.8 Å². The summed E-state index contributed by atoms with van der Waals surface area (Å²) in [5, 5.41) is 3.18. The molecule has 0 saturated carbocycles. The Morgan fingerprint density at radius 3 is 2.44 bits per heavy atom. The summed E-state index contributed by atoms with van der Waals surface area (Å²) in [5.41, 5.74) is 1.56.